The van der Waals surface area contributed by atoms with Gasteiger partial charge in [-0.3, -0.25) is 0 Å². The van der Waals surface area contributed by atoms with Crippen LogP contribution in [-0.2, 0) is 0 Å². The van der Waals surface area contributed by atoms with E-state index in [-0.39, 0.29) is 0 Å². The third-order valence-corrected chi connectivity index (χ3v) is 22.0. The molecule has 2 heteroatoms. The third-order valence-electron chi connectivity index (χ3n) is 10.9. The molecule has 0 N–H and O–H groups in total. The topological polar surface area (TPSA) is 0 Å². The molecular weight excluding hydrogens is 602 g/mol. The predicted molar refractivity (Wildman–Crippen MR) is 235 cm³/mol. The van der Waals surface area contributed by atoms with Crippen molar-refractivity contribution >= 4 is 14.5 Å². The van der Waals surface area contributed by atoms with E-state index >= 15 is 0 Å². The Morgan fingerprint density at radius 2 is 0.489 bits per heavy atom. The van der Waals surface area contributed by atoms with Gasteiger partial charge in [0.25, 0.3) is 0 Å². The van der Waals surface area contributed by atoms with E-state index in [9.17, 15) is 0 Å². The zero-order chi connectivity index (χ0) is 35.7. The second-order valence-corrected chi connectivity index (χ2v) is 28.0. The van der Waals surface area contributed by atoms with Crippen molar-refractivity contribution in [1.29, 1.82) is 0 Å². The van der Waals surface area contributed by atoms with Crippen LogP contribution in [0.15, 0.2) is 0 Å². The Bertz CT molecular complexity index is 537. The zero-order valence-electron chi connectivity index (χ0n) is 35.7. The van der Waals surface area contributed by atoms with E-state index in [1.807, 2.05) is 0 Å². The van der Waals surface area contributed by atoms with Gasteiger partial charge in [-0.25, -0.2) is 0 Å². The first-order valence-corrected chi connectivity index (χ1v) is 28.4. The van der Waals surface area contributed by atoms with Crippen molar-refractivity contribution in [2.45, 2.75) is 223 Å². The van der Waals surface area contributed by atoms with Gasteiger partial charge >= 0.3 is 292 Å². The molecular formula is C45H100P2. The van der Waals surface area contributed by atoms with Crippen molar-refractivity contribution in [3.05, 3.63) is 0 Å². The normalized spacial score (nSPS) is 13.1. The van der Waals surface area contributed by atoms with Crippen molar-refractivity contribution in [2.75, 3.05) is 49.8 Å². The number of rotatable bonds is 34. The van der Waals surface area contributed by atoms with Gasteiger partial charge < -0.3 is 0 Å². The van der Waals surface area contributed by atoms with Gasteiger partial charge in [-0.15, -0.1) is 0 Å². The van der Waals surface area contributed by atoms with Gasteiger partial charge in [-0.1, -0.05) is 13.3 Å². The molecule has 0 aliphatic rings. The van der Waals surface area contributed by atoms with E-state index in [1.54, 1.807) is 50.3 Å². The molecule has 0 aliphatic carbocycles. The van der Waals surface area contributed by atoms with Gasteiger partial charge in [0.15, 0.2) is 0 Å². The molecule has 0 saturated heterocycles. The summed E-state index contributed by atoms with van der Waals surface area (Å²) < 4.78 is 0. The Balaban J connectivity index is 0. The fraction of sp³-hybridized carbons (Fsp3) is 1.00. The minimum absolute atomic E-state index is 0.893. The number of hydrogen-bond donors (Lipinski definition) is 0. The second-order valence-electron chi connectivity index (χ2n) is 18.2. The maximum absolute atomic E-state index is 2.62. The number of unbranched alkanes of at least 4 members (excludes halogenated alkanes) is 20. The molecule has 0 heterocycles. The van der Waals surface area contributed by atoms with Crippen LogP contribution in [0.1, 0.15) is 223 Å². The second kappa shape index (κ2) is 35.3. The van der Waals surface area contributed by atoms with Gasteiger partial charge in [-0.05, 0) is 0 Å². The quantitative estimate of drug-likeness (QED) is 0.0462. The third kappa shape index (κ3) is 35.1. The van der Waals surface area contributed by atoms with Crippen LogP contribution in [0.3, 0.4) is 0 Å². The fourth-order valence-corrected chi connectivity index (χ4v) is 21.0. The molecule has 0 saturated carbocycles. The molecule has 0 radical (unpaired) electrons. The number of hydrogen-bond acceptors (Lipinski definition) is 0. The first-order chi connectivity index (χ1) is 22.5. The molecule has 0 unspecified atom stereocenters. The first kappa shape index (κ1) is 50.0. The van der Waals surface area contributed by atoms with Crippen LogP contribution in [0.2, 0.25) is 0 Å². The predicted octanol–water partition coefficient (Wildman–Crippen LogP) is 16.5. The van der Waals surface area contributed by atoms with Crippen molar-refractivity contribution in [3.8, 4) is 0 Å². The Hall–Kier alpha value is 0.860. The molecule has 0 rings (SSSR count). The summed E-state index contributed by atoms with van der Waals surface area (Å²) in [6.45, 7) is 26.3. The molecule has 0 aromatic rings. The molecule has 0 aromatic carbocycles. The van der Waals surface area contributed by atoms with Crippen molar-refractivity contribution in [2.24, 2.45) is 17.8 Å². The van der Waals surface area contributed by atoms with Crippen LogP contribution >= 0.6 is 14.5 Å². The molecule has 0 fully saturated rings. The van der Waals surface area contributed by atoms with E-state index < -0.39 is 14.5 Å². The van der Waals surface area contributed by atoms with E-state index in [0.29, 0.717) is 0 Å². The monoisotopic (exact) mass is 703 g/mol. The molecule has 290 valence electrons. The van der Waals surface area contributed by atoms with Gasteiger partial charge in [0.2, 0.25) is 0 Å². The van der Waals surface area contributed by atoms with E-state index in [2.05, 4.69) is 75.9 Å². The Kier molecular flexibility index (Phi) is 37.5. The summed E-state index contributed by atoms with van der Waals surface area (Å²) in [6, 6.07) is 0. The van der Waals surface area contributed by atoms with Crippen molar-refractivity contribution in [1.82, 2.24) is 0 Å². The van der Waals surface area contributed by atoms with Crippen LogP contribution in [0.4, 0.5) is 0 Å². The standard InChI is InChI=1S/C32H69P.C13H31P/c1-5-9-13-17-18-19-20-21-22-23-24-28-32-33(29-25-14-10-6-2,30-26-15-11-7-3)31-27-16-12-8-4;1-11(2)8-14(7,9-12(3)4)10-13(5)6/h33H,5-32H2,1-4H3;11-14H,8-10H2,1-7H3. The Morgan fingerprint density at radius 1 is 0.298 bits per heavy atom. The SMILES string of the molecule is CC(C)C[PH](C)(CC(C)C)CC(C)C.CCCCCCCCCCCCCC[PH](CCCCCC)(CCCCCC)CCCCCC. The summed E-state index contributed by atoms with van der Waals surface area (Å²) in [6.07, 6.45) is 46.9. The van der Waals surface area contributed by atoms with E-state index in [0.717, 1.165) is 17.8 Å². The van der Waals surface area contributed by atoms with Crippen LogP contribution in [0.5, 0.6) is 0 Å². The average Bonchev–Trinajstić information content (AvgIpc) is 2.99. The fourth-order valence-electron chi connectivity index (χ4n) is 9.08. The summed E-state index contributed by atoms with van der Waals surface area (Å²) in [5, 5.41) is 0. The zero-order valence-corrected chi connectivity index (χ0v) is 37.7. The Labute approximate surface area is 304 Å². The van der Waals surface area contributed by atoms with Gasteiger partial charge in [0.1, 0.15) is 0 Å². The molecule has 0 nitrogen and oxygen atoms in total. The minimum atomic E-state index is -1.04. The summed E-state index contributed by atoms with van der Waals surface area (Å²) >= 11 is 0. The first-order valence-electron chi connectivity index (χ1n) is 22.5. The van der Waals surface area contributed by atoms with E-state index in [4.69, 9.17) is 0 Å². The van der Waals surface area contributed by atoms with Crippen LogP contribution in [-0.4, -0.2) is 49.8 Å². The maximum atomic E-state index is 2.62. The van der Waals surface area contributed by atoms with Crippen molar-refractivity contribution < 1.29 is 0 Å². The van der Waals surface area contributed by atoms with E-state index in [1.165, 1.54) is 147 Å². The molecule has 0 atom stereocenters. The Morgan fingerprint density at radius 3 is 0.702 bits per heavy atom. The summed E-state index contributed by atoms with van der Waals surface area (Å²) in [4.78, 5) is 0. The molecule has 0 bridgehead atoms. The van der Waals surface area contributed by atoms with Crippen LogP contribution < -0.4 is 0 Å². The van der Waals surface area contributed by atoms with Gasteiger partial charge in [0.05, 0.1) is 0 Å². The molecule has 0 spiro atoms. The molecule has 0 aliphatic heterocycles. The summed E-state index contributed by atoms with van der Waals surface area (Å²) in [7, 11) is -1.98. The van der Waals surface area contributed by atoms with Gasteiger partial charge in [0, 0.05) is 0 Å². The van der Waals surface area contributed by atoms with Crippen LogP contribution in [0, 0.1) is 17.8 Å². The summed E-state index contributed by atoms with van der Waals surface area (Å²) in [5.41, 5.74) is 0. The summed E-state index contributed by atoms with van der Waals surface area (Å²) in [5.74, 6) is 2.68. The van der Waals surface area contributed by atoms with Gasteiger partial charge in [-0.2, -0.15) is 0 Å². The molecule has 0 aromatic heterocycles. The van der Waals surface area contributed by atoms with Crippen molar-refractivity contribution in [3.63, 3.8) is 0 Å². The van der Waals surface area contributed by atoms with Crippen LogP contribution in [0.25, 0.3) is 0 Å². The molecule has 47 heavy (non-hydrogen) atoms. The average molecular weight is 703 g/mol. The molecule has 0 amide bonds.